The summed E-state index contributed by atoms with van der Waals surface area (Å²) in [4.78, 5) is 19.0. The molecule has 1 unspecified atom stereocenters. The molecular formula is C22H26FN5O2. The van der Waals surface area contributed by atoms with Crippen LogP contribution in [0, 0.1) is 18.7 Å². The van der Waals surface area contributed by atoms with Crippen molar-refractivity contribution in [2.24, 2.45) is 5.92 Å². The lowest BCUT2D eigenvalue weighted by Gasteiger charge is -2.32. The van der Waals surface area contributed by atoms with E-state index in [-0.39, 0.29) is 11.7 Å². The summed E-state index contributed by atoms with van der Waals surface area (Å²) in [6.45, 7) is 4.21. The maximum absolute atomic E-state index is 13.1. The Kier molecular flexibility index (Phi) is 6.21. The zero-order valence-corrected chi connectivity index (χ0v) is 17.1. The molecule has 1 atom stereocenters. The fraction of sp³-hybridized carbons (Fsp3) is 0.455. The highest BCUT2D eigenvalue weighted by atomic mass is 19.1. The molecule has 1 saturated heterocycles. The van der Waals surface area contributed by atoms with Gasteiger partial charge < -0.3 is 9.42 Å². The third-order valence-corrected chi connectivity index (χ3v) is 5.52. The van der Waals surface area contributed by atoms with Crippen molar-refractivity contribution in [3.63, 3.8) is 0 Å². The number of benzene rings is 1. The van der Waals surface area contributed by atoms with E-state index < -0.39 is 0 Å². The van der Waals surface area contributed by atoms with Gasteiger partial charge in [-0.25, -0.2) is 4.39 Å². The standard InChI is InChI=1S/C22H26FN5O2/c1-16-13-24-28(14-16)12-10-21(29)27-11-2-3-17(15-27)4-9-20-25-22(30-26-20)18-5-7-19(23)8-6-18/h5-8,13-14,17H,2-4,9-12,15H2,1H3. The van der Waals surface area contributed by atoms with E-state index in [2.05, 4.69) is 15.2 Å². The third-order valence-electron chi connectivity index (χ3n) is 5.52. The van der Waals surface area contributed by atoms with Crippen LogP contribution in [0.1, 0.15) is 37.1 Å². The Morgan fingerprint density at radius 2 is 2.13 bits per heavy atom. The zero-order chi connectivity index (χ0) is 20.9. The number of hydrogen-bond donors (Lipinski definition) is 0. The molecule has 1 fully saturated rings. The van der Waals surface area contributed by atoms with Gasteiger partial charge >= 0.3 is 0 Å². The second-order valence-electron chi connectivity index (χ2n) is 7.94. The Morgan fingerprint density at radius 1 is 1.30 bits per heavy atom. The molecule has 0 bridgehead atoms. The molecule has 3 heterocycles. The smallest absolute Gasteiger partial charge is 0.257 e. The molecule has 0 saturated carbocycles. The summed E-state index contributed by atoms with van der Waals surface area (Å²) < 4.78 is 20.2. The molecule has 158 valence electrons. The Balaban J connectivity index is 1.26. The fourth-order valence-corrected chi connectivity index (χ4v) is 3.88. The quantitative estimate of drug-likeness (QED) is 0.593. The van der Waals surface area contributed by atoms with Gasteiger partial charge in [0.25, 0.3) is 5.89 Å². The van der Waals surface area contributed by atoms with E-state index >= 15 is 0 Å². The molecular weight excluding hydrogens is 385 g/mol. The number of hydrogen-bond acceptors (Lipinski definition) is 5. The van der Waals surface area contributed by atoms with Gasteiger partial charge in [-0.15, -0.1) is 0 Å². The Hall–Kier alpha value is -3.03. The molecule has 4 rings (SSSR count). The number of rotatable bonds is 7. The first-order chi connectivity index (χ1) is 14.6. The lowest BCUT2D eigenvalue weighted by atomic mass is 9.93. The van der Waals surface area contributed by atoms with E-state index in [0.29, 0.717) is 42.6 Å². The van der Waals surface area contributed by atoms with Crippen LogP contribution in [0.15, 0.2) is 41.2 Å². The van der Waals surface area contributed by atoms with Crippen LogP contribution < -0.4 is 0 Å². The number of carbonyl (C=O) groups is 1. The van der Waals surface area contributed by atoms with E-state index in [1.807, 2.05) is 22.7 Å². The van der Waals surface area contributed by atoms with E-state index in [1.165, 1.54) is 12.1 Å². The van der Waals surface area contributed by atoms with Crippen LogP contribution in [-0.4, -0.2) is 43.8 Å². The lowest BCUT2D eigenvalue weighted by Crippen LogP contribution is -2.40. The number of nitrogens with zero attached hydrogens (tertiary/aromatic N) is 5. The molecule has 0 N–H and O–H groups in total. The number of piperidine rings is 1. The molecule has 1 aliphatic rings. The molecule has 0 aliphatic carbocycles. The molecule has 2 aromatic heterocycles. The van der Waals surface area contributed by atoms with E-state index in [0.717, 1.165) is 37.9 Å². The van der Waals surface area contributed by atoms with E-state index in [9.17, 15) is 9.18 Å². The SMILES string of the molecule is Cc1cnn(CCC(=O)N2CCCC(CCc3noc(-c4ccc(F)cc4)n3)C2)c1. The van der Waals surface area contributed by atoms with Crippen molar-refractivity contribution in [1.82, 2.24) is 24.8 Å². The number of aromatic nitrogens is 4. The predicted molar refractivity (Wildman–Crippen MR) is 109 cm³/mol. The molecule has 1 aliphatic heterocycles. The molecule has 0 radical (unpaired) electrons. The normalized spacial score (nSPS) is 16.7. The number of likely N-dealkylation sites (tertiary alicyclic amines) is 1. The minimum atomic E-state index is -0.297. The van der Waals surface area contributed by atoms with Crippen molar-refractivity contribution >= 4 is 5.91 Å². The predicted octanol–water partition coefficient (Wildman–Crippen LogP) is 3.64. The summed E-state index contributed by atoms with van der Waals surface area (Å²) in [5, 5.41) is 8.29. The van der Waals surface area contributed by atoms with Crippen LogP contribution >= 0.6 is 0 Å². The largest absolute Gasteiger partial charge is 0.342 e. The average Bonchev–Trinajstić information content (AvgIpc) is 3.40. The second kappa shape index (κ2) is 9.19. The first-order valence-electron chi connectivity index (χ1n) is 10.4. The topological polar surface area (TPSA) is 77.0 Å². The zero-order valence-electron chi connectivity index (χ0n) is 17.1. The van der Waals surface area contributed by atoms with Crippen LogP contribution in [0.3, 0.4) is 0 Å². The summed E-state index contributed by atoms with van der Waals surface area (Å²) in [5.74, 6) is 1.37. The van der Waals surface area contributed by atoms with Gasteiger partial charge in [-0.1, -0.05) is 5.16 Å². The van der Waals surface area contributed by atoms with Gasteiger partial charge in [0.15, 0.2) is 5.82 Å². The van der Waals surface area contributed by atoms with Gasteiger partial charge in [-0.2, -0.15) is 10.1 Å². The highest BCUT2D eigenvalue weighted by Crippen LogP contribution is 2.23. The highest BCUT2D eigenvalue weighted by Gasteiger charge is 2.24. The van der Waals surface area contributed by atoms with Gasteiger partial charge in [0.05, 0.1) is 6.20 Å². The van der Waals surface area contributed by atoms with Crippen molar-refractivity contribution in [3.05, 3.63) is 53.9 Å². The van der Waals surface area contributed by atoms with Gasteiger partial charge in [0.2, 0.25) is 5.91 Å². The van der Waals surface area contributed by atoms with E-state index in [4.69, 9.17) is 4.52 Å². The molecule has 1 amide bonds. The monoisotopic (exact) mass is 411 g/mol. The number of aryl methyl sites for hydroxylation is 3. The molecule has 7 nitrogen and oxygen atoms in total. The Labute approximate surface area is 174 Å². The van der Waals surface area contributed by atoms with Crippen LogP contribution in [0.5, 0.6) is 0 Å². The van der Waals surface area contributed by atoms with Gasteiger partial charge in [-0.05, 0) is 61.9 Å². The maximum atomic E-state index is 13.1. The lowest BCUT2D eigenvalue weighted by molar-refractivity contribution is -0.133. The van der Waals surface area contributed by atoms with Crippen LogP contribution in [-0.2, 0) is 17.8 Å². The van der Waals surface area contributed by atoms with Crippen molar-refractivity contribution < 1.29 is 13.7 Å². The highest BCUT2D eigenvalue weighted by molar-refractivity contribution is 5.76. The summed E-state index contributed by atoms with van der Waals surface area (Å²) >= 11 is 0. The minimum absolute atomic E-state index is 0.186. The summed E-state index contributed by atoms with van der Waals surface area (Å²) in [7, 11) is 0. The molecule has 3 aromatic rings. The maximum Gasteiger partial charge on any atom is 0.257 e. The fourth-order valence-electron chi connectivity index (χ4n) is 3.88. The van der Waals surface area contributed by atoms with Crippen LogP contribution in [0.2, 0.25) is 0 Å². The van der Waals surface area contributed by atoms with Gasteiger partial charge in [0.1, 0.15) is 5.82 Å². The summed E-state index contributed by atoms with van der Waals surface area (Å²) in [6.07, 6.45) is 7.96. The Bertz CT molecular complexity index is 982. The third kappa shape index (κ3) is 5.11. The summed E-state index contributed by atoms with van der Waals surface area (Å²) in [6, 6.07) is 6.00. The van der Waals surface area contributed by atoms with E-state index in [1.54, 1.807) is 18.3 Å². The van der Waals surface area contributed by atoms with Crippen molar-refractivity contribution in [2.45, 2.75) is 45.6 Å². The minimum Gasteiger partial charge on any atom is -0.342 e. The van der Waals surface area contributed by atoms with Crippen molar-refractivity contribution in [1.29, 1.82) is 0 Å². The molecule has 0 spiro atoms. The molecule has 8 heteroatoms. The number of halogens is 1. The van der Waals surface area contributed by atoms with Crippen LogP contribution in [0.4, 0.5) is 4.39 Å². The number of amides is 1. The first-order valence-corrected chi connectivity index (χ1v) is 10.4. The summed E-state index contributed by atoms with van der Waals surface area (Å²) in [5.41, 5.74) is 1.81. The van der Waals surface area contributed by atoms with Gasteiger partial charge in [-0.3, -0.25) is 9.48 Å². The average molecular weight is 411 g/mol. The second-order valence-corrected chi connectivity index (χ2v) is 7.94. The number of carbonyl (C=O) groups excluding carboxylic acids is 1. The van der Waals surface area contributed by atoms with Crippen molar-refractivity contribution in [2.75, 3.05) is 13.1 Å². The molecule has 1 aromatic carbocycles. The first kappa shape index (κ1) is 20.3. The van der Waals surface area contributed by atoms with Crippen LogP contribution in [0.25, 0.3) is 11.5 Å². The molecule has 30 heavy (non-hydrogen) atoms. The Morgan fingerprint density at radius 3 is 2.90 bits per heavy atom. The van der Waals surface area contributed by atoms with Crippen molar-refractivity contribution in [3.8, 4) is 11.5 Å². The van der Waals surface area contributed by atoms with Gasteiger partial charge in [0, 0.05) is 44.2 Å².